The van der Waals surface area contributed by atoms with Crippen LogP contribution in [0.5, 0.6) is 0 Å². The summed E-state index contributed by atoms with van der Waals surface area (Å²) in [5, 5.41) is 0. The van der Waals surface area contributed by atoms with E-state index in [0.717, 1.165) is 19.3 Å². The minimum atomic E-state index is -4.73. The molecule has 2 aliphatic rings. The Bertz CT molecular complexity index is 273. The van der Waals surface area contributed by atoms with Crippen LogP contribution in [0, 0.1) is 17.3 Å². The van der Waals surface area contributed by atoms with Gasteiger partial charge in [-0.1, -0.05) is 19.3 Å². The zero-order valence-electron chi connectivity index (χ0n) is 9.87. The molecule has 0 bridgehead atoms. The van der Waals surface area contributed by atoms with Gasteiger partial charge in [0, 0.05) is 0 Å². The van der Waals surface area contributed by atoms with E-state index in [-0.39, 0.29) is 12.8 Å². The van der Waals surface area contributed by atoms with Crippen molar-refractivity contribution in [2.45, 2.75) is 57.3 Å². The van der Waals surface area contributed by atoms with Gasteiger partial charge in [-0.3, -0.25) is 0 Å². The van der Waals surface area contributed by atoms with E-state index in [9.17, 15) is 26.3 Å². The van der Waals surface area contributed by atoms with Gasteiger partial charge < -0.3 is 0 Å². The summed E-state index contributed by atoms with van der Waals surface area (Å²) in [4.78, 5) is 0. The fraction of sp³-hybridized carbons (Fsp3) is 1.00. The molecule has 106 valence electrons. The maximum absolute atomic E-state index is 12.8. The highest BCUT2D eigenvalue weighted by Gasteiger charge is 2.63. The largest absolute Gasteiger partial charge is 0.392 e. The molecule has 0 heterocycles. The highest BCUT2D eigenvalue weighted by atomic mass is 19.4. The van der Waals surface area contributed by atoms with E-state index in [4.69, 9.17) is 0 Å². The lowest BCUT2D eigenvalue weighted by molar-refractivity contribution is -0.245. The maximum Gasteiger partial charge on any atom is 0.392 e. The lowest BCUT2D eigenvalue weighted by Gasteiger charge is -2.33. The summed E-state index contributed by atoms with van der Waals surface area (Å²) in [7, 11) is 0. The van der Waals surface area contributed by atoms with Crippen LogP contribution in [0.1, 0.15) is 44.9 Å². The minimum Gasteiger partial charge on any atom is -0.171 e. The van der Waals surface area contributed by atoms with Crippen molar-refractivity contribution < 1.29 is 26.3 Å². The Morgan fingerprint density at radius 3 is 1.39 bits per heavy atom. The molecule has 2 rings (SSSR count). The van der Waals surface area contributed by atoms with Crippen molar-refractivity contribution in [2.75, 3.05) is 0 Å². The highest BCUT2D eigenvalue weighted by Crippen LogP contribution is 2.61. The normalized spacial score (nSPS) is 33.0. The maximum atomic E-state index is 12.8. The molecule has 0 N–H and O–H groups in total. The molecule has 0 saturated heterocycles. The van der Waals surface area contributed by atoms with Crippen LogP contribution in [-0.2, 0) is 0 Å². The molecule has 0 aromatic rings. The molecule has 2 aliphatic carbocycles. The Labute approximate surface area is 102 Å². The molecule has 2 saturated carbocycles. The summed E-state index contributed by atoms with van der Waals surface area (Å²) in [6.45, 7) is 0. The monoisotopic (exact) mass is 274 g/mol. The molecule has 0 aliphatic heterocycles. The number of hydrogen-bond acceptors (Lipinski definition) is 0. The van der Waals surface area contributed by atoms with Gasteiger partial charge in [-0.05, 0) is 31.1 Å². The summed E-state index contributed by atoms with van der Waals surface area (Å²) in [6.07, 6.45) is -6.65. The van der Waals surface area contributed by atoms with Crippen LogP contribution in [0.3, 0.4) is 0 Å². The van der Waals surface area contributed by atoms with Crippen LogP contribution in [0.15, 0.2) is 0 Å². The molecule has 0 nitrogen and oxygen atoms in total. The fourth-order valence-electron chi connectivity index (χ4n) is 3.70. The number of rotatable bonds is 0. The van der Waals surface area contributed by atoms with Gasteiger partial charge in [0.2, 0.25) is 0 Å². The van der Waals surface area contributed by atoms with E-state index in [0.29, 0.717) is 12.8 Å². The van der Waals surface area contributed by atoms with Gasteiger partial charge >= 0.3 is 12.4 Å². The number of halogens is 6. The summed E-state index contributed by atoms with van der Waals surface area (Å²) in [5.74, 6) is -4.40. The van der Waals surface area contributed by atoms with E-state index in [1.165, 1.54) is 0 Å². The zero-order chi connectivity index (χ0) is 13.6. The molecule has 0 amide bonds. The SMILES string of the molecule is FC(F)(F)C1CC2(CCCCC2)CC1C(F)(F)F. The molecule has 2 atom stereocenters. The second-order valence-corrected chi connectivity index (χ2v) is 5.77. The first-order chi connectivity index (χ1) is 8.14. The Morgan fingerprint density at radius 1 is 0.667 bits per heavy atom. The van der Waals surface area contributed by atoms with Gasteiger partial charge in [0.25, 0.3) is 0 Å². The first-order valence-corrected chi connectivity index (χ1v) is 6.28. The lowest BCUT2D eigenvalue weighted by Crippen LogP contribution is -2.35. The van der Waals surface area contributed by atoms with Crippen LogP contribution in [0.2, 0.25) is 0 Å². The van der Waals surface area contributed by atoms with E-state index >= 15 is 0 Å². The van der Waals surface area contributed by atoms with Gasteiger partial charge in [-0.25, -0.2) is 0 Å². The summed E-state index contributed by atoms with van der Waals surface area (Å²) < 4.78 is 76.7. The fourth-order valence-corrected chi connectivity index (χ4v) is 3.70. The van der Waals surface area contributed by atoms with Gasteiger partial charge in [-0.2, -0.15) is 26.3 Å². The van der Waals surface area contributed by atoms with Gasteiger partial charge in [0.1, 0.15) is 0 Å². The average Bonchev–Trinajstić information content (AvgIpc) is 2.58. The molecule has 1 spiro atoms. The Morgan fingerprint density at radius 2 is 1.06 bits per heavy atom. The lowest BCUT2D eigenvalue weighted by atomic mass is 9.72. The summed E-state index contributed by atoms with van der Waals surface area (Å²) in [5.41, 5.74) is -0.710. The molecule has 18 heavy (non-hydrogen) atoms. The smallest absolute Gasteiger partial charge is 0.171 e. The summed E-state index contributed by atoms with van der Waals surface area (Å²) in [6, 6.07) is 0. The summed E-state index contributed by atoms with van der Waals surface area (Å²) >= 11 is 0. The quantitative estimate of drug-likeness (QED) is 0.540. The third kappa shape index (κ3) is 2.62. The van der Waals surface area contributed by atoms with Gasteiger partial charge in [0.15, 0.2) is 0 Å². The topological polar surface area (TPSA) is 0 Å². The molecule has 2 unspecified atom stereocenters. The van der Waals surface area contributed by atoms with Gasteiger partial charge in [-0.15, -0.1) is 0 Å². The molecular formula is C12H16F6. The van der Waals surface area contributed by atoms with Crippen molar-refractivity contribution in [2.24, 2.45) is 17.3 Å². The predicted molar refractivity (Wildman–Crippen MR) is 53.8 cm³/mol. The van der Waals surface area contributed by atoms with Crippen molar-refractivity contribution in [3.8, 4) is 0 Å². The molecule has 0 radical (unpaired) electrons. The van der Waals surface area contributed by atoms with Crippen LogP contribution >= 0.6 is 0 Å². The molecule has 2 fully saturated rings. The van der Waals surface area contributed by atoms with E-state index in [1.807, 2.05) is 0 Å². The third-order valence-electron chi connectivity index (χ3n) is 4.55. The number of hydrogen-bond donors (Lipinski definition) is 0. The van der Waals surface area contributed by atoms with Crippen molar-refractivity contribution >= 4 is 0 Å². The third-order valence-corrected chi connectivity index (χ3v) is 4.55. The second-order valence-electron chi connectivity index (χ2n) is 5.77. The van der Waals surface area contributed by atoms with Crippen molar-refractivity contribution in [1.82, 2.24) is 0 Å². The Hall–Kier alpha value is -0.420. The van der Waals surface area contributed by atoms with Crippen molar-refractivity contribution in [3.63, 3.8) is 0 Å². The Kier molecular flexibility index (Phi) is 3.35. The van der Waals surface area contributed by atoms with Gasteiger partial charge in [0.05, 0.1) is 11.8 Å². The van der Waals surface area contributed by atoms with Crippen LogP contribution in [0.4, 0.5) is 26.3 Å². The average molecular weight is 274 g/mol. The first-order valence-electron chi connectivity index (χ1n) is 6.28. The zero-order valence-corrected chi connectivity index (χ0v) is 9.87. The second kappa shape index (κ2) is 4.30. The molecule has 0 aromatic carbocycles. The predicted octanol–water partition coefficient (Wildman–Crippen LogP) is 5.09. The minimum absolute atomic E-state index is 0.333. The molecule has 6 heteroatoms. The van der Waals surface area contributed by atoms with Crippen molar-refractivity contribution in [3.05, 3.63) is 0 Å². The highest BCUT2D eigenvalue weighted by molar-refractivity contribution is 4.99. The first kappa shape index (κ1) is 14.0. The molecule has 0 aromatic heterocycles. The number of alkyl halides is 6. The van der Waals surface area contributed by atoms with E-state index in [2.05, 4.69) is 0 Å². The van der Waals surface area contributed by atoms with Crippen LogP contribution in [-0.4, -0.2) is 12.4 Å². The van der Waals surface area contributed by atoms with Crippen molar-refractivity contribution in [1.29, 1.82) is 0 Å². The molecular weight excluding hydrogens is 258 g/mol. The standard InChI is InChI=1S/C12H16F6/c13-11(14,15)8-6-10(4-2-1-3-5-10)7-9(8)12(16,17)18/h8-9H,1-7H2. The van der Waals surface area contributed by atoms with Crippen LogP contribution < -0.4 is 0 Å². The Balaban J connectivity index is 2.23. The van der Waals surface area contributed by atoms with E-state index < -0.39 is 29.6 Å². The van der Waals surface area contributed by atoms with Crippen LogP contribution in [0.25, 0.3) is 0 Å². The van der Waals surface area contributed by atoms with E-state index in [1.54, 1.807) is 0 Å².